The van der Waals surface area contributed by atoms with Gasteiger partial charge in [-0.05, 0) is 86.8 Å². The molecule has 3 aromatic carbocycles. The van der Waals surface area contributed by atoms with Crippen molar-refractivity contribution in [3.63, 3.8) is 0 Å². The average molecular weight is 505 g/mol. The predicted octanol–water partition coefficient (Wildman–Crippen LogP) is 5.64. The Morgan fingerprint density at radius 2 is 1.74 bits per heavy atom. The number of benzene rings is 3. The van der Waals surface area contributed by atoms with Crippen LogP contribution in [0.2, 0.25) is 5.02 Å². The molecule has 180 valence electrons. The van der Waals surface area contributed by atoms with Gasteiger partial charge in [-0.3, -0.25) is 9.10 Å². The number of aryl methyl sites for hydroxylation is 1. The summed E-state index contributed by atoms with van der Waals surface area (Å²) in [7, 11) is -4.34. The van der Waals surface area contributed by atoms with E-state index in [0.717, 1.165) is 22.0 Å². The van der Waals surface area contributed by atoms with Crippen molar-refractivity contribution in [2.45, 2.75) is 32.6 Å². The molecule has 0 spiro atoms. The van der Waals surface area contributed by atoms with E-state index in [1.807, 2.05) is 19.9 Å². The van der Waals surface area contributed by atoms with E-state index < -0.39 is 28.3 Å². The number of amides is 1. The van der Waals surface area contributed by atoms with E-state index in [2.05, 4.69) is 5.32 Å². The molecular formula is C25H26ClFN2O4S. The number of carbonyl (C=O) groups excluding carboxylic acids is 1. The van der Waals surface area contributed by atoms with Crippen molar-refractivity contribution in [1.82, 2.24) is 0 Å². The molecule has 0 unspecified atom stereocenters. The Labute approximate surface area is 204 Å². The van der Waals surface area contributed by atoms with Crippen LogP contribution in [0, 0.1) is 26.6 Å². The summed E-state index contributed by atoms with van der Waals surface area (Å²) in [6.07, 6.45) is 0. The van der Waals surface area contributed by atoms with Crippen LogP contribution in [0.5, 0.6) is 5.75 Å². The number of hydrogen-bond acceptors (Lipinski definition) is 4. The van der Waals surface area contributed by atoms with Gasteiger partial charge >= 0.3 is 0 Å². The summed E-state index contributed by atoms with van der Waals surface area (Å²) in [5.74, 6) is -0.693. The largest absolute Gasteiger partial charge is 0.494 e. The highest BCUT2D eigenvalue weighted by Gasteiger charge is 2.31. The molecular weight excluding hydrogens is 479 g/mol. The van der Waals surface area contributed by atoms with Crippen molar-refractivity contribution < 1.29 is 22.3 Å². The zero-order chi connectivity index (χ0) is 25.0. The predicted molar refractivity (Wildman–Crippen MR) is 133 cm³/mol. The maximum absolute atomic E-state index is 14.1. The van der Waals surface area contributed by atoms with E-state index in [9.17, 15) is 17.6 Å². The molecule has 34 heavy (non-hydrogen) atoms. The monoisotopic (exact) mass is 504 g/mol. The van der Waals surface area contributed by atoms with Crippen molar-refractivity contribution in [2.24, 2.45) is 0 Å². The lowest BCUT2D eigenvalue weighted by atomic mass is 10.1. The fourth-order valence-corrected chi connectivity index (χ4v) is 5.45. The number of ether oxygens (including phenoxy) is 1. The van der Waals surface area contributed by atoms with Crippen LogP contribution >= 0.6 is 11.6 Å². The lowest BCUT2D eigenvalue weighted by Gasteiger charge is -2.27. The number of anilines is 2. The normalized spacial score (nSPS) is 11.2. The van der Waals surface area contributed by atoms with Gasteiger partial charge in [-0.15, -0.1) is 0 Å². The molecule has 0 heterocycles. The van der Waals surface area contributed by atoms with Crippen LogP contribution in [0.25, 0.3) is 0 Å². The molecule has 3 aromatic rings. The van der Waals surface area contributed by atoms with E-state index >= 15 is 0 Å². The third-order valence-corrected chi connectivity index (χ3v) is 7.69. The molecule has 3 rings (SSSR count). The number of halogens is 2. The molecule has 0 aliphatic rings. The highest BCUT2D eigenvalue weighted by atomic mass is 35.5. The fraction of sp³-hybridized carbons (Fsp3) is 0.240. The van der Waals surface area contributed by atoms with Crippen LogP contribution in [-0.2, 0) is 14.8 Å². The van der Waals surface area contributed by atoms with Gasteiger partial charge in [0.05, 0.1) is 17.2 Å². The first-order valence-corrected chi connectivity index (χ1v) is 12.4. The highest BCUT2D eigenvalue weighted by Crippen LogP contribution is 2.32. The van der Waals surface area contributed by atoms with Crippen LogP contribution in [0.4, 0.5) is 15.8 Å². The van der Waals surface area contributed by atoms with Crippen molar-refractivity contribution in [1.29, 1.82) is 0 Å². The van der Waals surface area contributed by atoms with Gasteiger partial charge in [0.2, 0.25) is 5.91 Å². The highest BCUT2D eigenvalue weighted by molar-refractivity contribution is 7.93. The summed E-state index contributed by atoms with van der Waals surface area (Å²) < 4.78 is 48.0. The Morgan fingerprint density at radius 1 is 1.06 bits per heavy atom. The standard InChI is InChI=1S/C25H26ClFN2O4S/c1-5-33-21-11-9-20(10-12-21)28-25(30)15-29(23-8-6-7-16(2)17(23)3)34(31,32)24-14-19(27)13-22(26)18(24)4/h6-14H,5,15H2,1-4H3,(H,28,30). The number of rotatable bonds is 8. The molecule has 0 saturated heterocycles. The number of nitrogens with one attached hydrogen (secondary N) is 1. The second kappa shape index (κ2) is 10.4. The molecule has 0 saturated carbocycles. The second-order valence-corrected chi connectivity index (χ2v) is 9.98. The molecule has 0 fully saturated rings. The number of nitrogens with zero attached hydrogens (tertiary/aromatic N) is 1. The van der Waals surface area contributed by atoms with Crippen LogP contribution < -0.4 is 14.4 Å². The summed E-state index contributed by atoms with van der Waals surface area (Å²) in [6.45, 7) is 6.96. The lowest BCUT2D eigenvalue weighted by molar-refractivity contribution is -0.114. The minimum atomic E-state index is -4.34. The Kier molecular flexibility index (Phi) is 7.84. The lowest BCUT2D eigenvalue weighted by Crippen LogP contribution is -2.39. The smallest absolute Gasteiger partial charge is 0.265 e. The number of sulfonamides is 1. The number of carbonyl (C=O) groups is 1. The van der Waals surface area contributed by atoms with Crippen molar-refractivity contribution in [3.8, 4) is 5.75 Å². The molecule has 0 atom stereocenters. The van der Waals surface area contributed by atoms with Crippen molar-refractivity contribution in [2.75, 3.05) is 22.8 Å². The summed E-state index contributed by atoms with van der Waals surface area (Å²) in [6, 6.07) is 13.9. The first kappa shape index (κ1) is 25.5. The third kappa shape index (κ3) is 5.51. The van der Waals surface area contributed by atoms with Gasteiger partial charge in [0.15, 0.2) is 0 Å². The van der Waals surface area contributed by atoms with Crippen molar-refractivity contribution >= 4 is 38.9 Å². The van der Waals surface area contributed by atoms with E-state index in [1.165, 1.54) is 6.92 Å². The van der Waals surface area contributed by atoms with Gasteiger partial charge in [-0.1, -0.05) is 23.7 Å². The zero-order valence-corrected chi connectivity index (χ0v) is 20.9. The third-order valence-electron chi connectivity index (χ3n) is 5.41. The van der Waals surface area contributed by atoms with Gasteiger partial charge in [0, 0.05) is 10.7 Å². The Balaban J connectivity index is 2.01. The molecule has 1 N–H and O–H groups in total. The Hall–Kier alpha value is -3.10. The topological polar surface area (TPSA) is 75.7 Å². The Bertz CT molecular complexity index is 1310. The van der Waals surface area contributed by atoms with E-state index in [-0.39, 0.29) is 15.5 Å². The van der Waals surface area contributed by atoms with Gasteiger partial charge in [-0.2, -0.15) is 0 Å². The summed E-state index contributed by atoms with van der Waals surface area (Å²) >= 11 is 6.07. The second-order valence-electron chi connectivity index (χ2n) is 7.75. The number of hydrogen-bond donors (Lipinski definition) is 1. The van der Waals surface area contributed by atoms with Crippen LogP contribution in [0.3, 0.4) is 0 Å². The molecule has 0 bridgehead atoms. The quantitative estimate of drug-likeness (QED) is 0.431. The van der Waals surface area contributed by atoms with Crippen LogP contribution in [-0.4, -0.2) is 27.5 Å². The van der Waals surface area contributed by atoms with Crippen LogP contribution in [0.15, 0.2) is 59.5 Å². The minimum absolute atomic E-state index is 0.0154. The minimum Gasteiger partial charge on any atom is -0.494 e. The van der Waals surface area contributed by atoms with Crippen LogP contribution in [0.1, 0.15) is 23.6 Å². The molecule has 1 amide bonds. The summed E-state index contributed by atoms with van der Waals surface area (Å²) in [5.41, 5.74) is 2.53. The van der Waals surface area contributed by atoms with Gasteiger partial charge in [0.25, 0.3) is 10.0 Å². The van der Waals surface area contributed by atoms with E-state index in [0.29, 0.717) is 29.3 Å². The van der Waals surface area contributed by atoms with Gasteiger partial charge in [-0.25, -0.2) is 12.8 Å². The molecule has 0 radical (unpaired) electrons. The first-order chi connectivity index (χ1) is 16.0. The van der Waals surface area contributed by atoms with Gasteiger partial charge < -0.3 is 10.1 Å². The zero-order valence-electron chi connectivity index (χ0n) is 19.4. The van der Waals surface area contributed by atoms with Crippen molar-refractivity contribution in [3.05, 3.63) is 82.1 Å². The first-order valence-electron chi connectivity index (χ1n) is 10.6. The molecule has 6 nitrogen and oxygen atoms in total. The Morgan fingerprint density at radius 3 is 2.38 bits per heavy atom. The molecule has 0 aliphatic carbocycles. The maximum atomic E-state index is 14.1. The molecule has 0 aliphatic heterocycles. The molecule has 9 heteroatoms. The van der Waals surface area contributed by atoms with Gasteiger partial charge in [0.1, 0.15) is 18.1 Å². The molecule has 0 aromatic heterocycles. The van der Waals surface area contributed by atoms with E-state index in [1.54, 1.807) is 43.3 Å². The van der Waals surface area contributed by atoms with E-state index in [4.69, 9.17) is 16.3 Å². The average Bonchev–Trinajstić information content (AvgIpc) is 2.78. The maximum Gasteiger partial charge on any atom is 0.265 e. The summed E-state index contributed by atoms with van der Waals surface area (Å²) in [4.78, 5) is 12.7. The SMILES string of the molecule is CCOc1ccc(NC(=O)CN(c2cccc(C)c2C)S(=O)(=O)c2cc(F)cc(Cl)c2C)cc1. The summed E-state index contributed by atoms with van der Waals surface area (Å²) in [5, 5.41) is 2.69. The fourth-order valence-electron chi connectivity index (χ4n) is 3.45.